The number of nitrogens with two attached hydrogens (primary N) is 1. The first kappa shape index (κ1) is 25.8. The number of carbonyl (C=O) groups is 4. The molecule has 2 heterocycles. The Hall–Kier alpha value is -2.86. The number of carbonyl (C=O) groups excluding carboxylic acids is 4. The monoisotopic (exact) mass is 476 g/mol. The van der Waals surface area contributed by atoms with E-state index >= 15 is 0 Å². The van der Waals surface area contributed by atoms with E-state index in [0.29, 0.717) is 57.2 Å². The molecule has 11 nitrogen and oxygen atoms in total. The lowest BCUT2D eigenvalue weighted by Gasteiger charge is -2.34. The molecule has 4 N–H and O–H groups in total. The Labute approximate surface area is 198 Å². The fourth-order valence-electron chi connectivity index (χ4n) is 3.96. The van der Waals surface area contributed by atoms with Gasteiger partial charge >= 0.3 is 0 Å². The fraction of sp³-hybridized carbons (Fsp3) is 0.565. The Morgan fingerprint density at radius 2 is 1.74 bits per heavy atom. The van der Waals surface area contributed by atoms with Crippen LogP contribution in [0.3, 0.4) is 0 Å². The van der Waals surface area contributed by atoms with Gasteiger partial charge in [0.15, 0.2) is 0 Å². The van der Waals surface area contributed by atoms with Crippen LogP contribution in [0.1, 0.15) is 30.7 Å². The molecule has 4 amide bonds. The van der Waals surface area contributed by atoms with Crippen molar-refractivity contribution in [3.63, 3.8) is 0 Å². The molecule has 1 saturated heterocycles. The first-order valence-corrected chi connectivity index (χ1v) is 11.5. The molecule has 0 aromatic heterocycles. The van der Waals surface area contributed by atoms with E-state index < -0.39 is 17.9 Å². The summed E-state index contributed by atoms with van der Waals surface area (Å²) >= 11 is 0. The van der Waals surface area contributed by atoms with Gasteiger partial charge in [-0.25, -0.2) is 0 Å². The number of piperidine rings is 1. The molecule has 0 aliphatic carbocycles. The minimum atomic E-state index is -0.736. The van der Waals surface area contributed by atoms with E-state index in [1.807, 2.05) is 12.1 Å². The van der Waals surface area contributed by atoms with Crippen LogP contribution in [0.15, 0.2) is 24.3 Å². The van der Waals surface area contributed by atoms with E-state index in [9.17, 15) is 19.2 Å². The van der Waals surface area contributed by atoms with Gasteiger partial charge in [0.1, 0.15) is 12.6 Å². The second-order valence-electron chi connectivity index (χ2n) is 8.02. The number of fused-ring (bicyclic) bond motifs is 1. The molecule has 1 aromatic rings. The molecular formula is C23H32N4O7. The topological polar surface area (TPSA) is 149 Å². The number of hydrogen-bond acceptors (Lipinski definition) is 8. The van der Waals surface area contributed by atoms with Crippen molar-refractivity contribution >= 4 is 29.3 Å². The van der Waals surface area contributed by atoms with Gasteiger partial charge in [-0.1, -0.05) is 18.2 Å². The van der Waals surface area contributed by atoms with Gasteiger partial charge in [-0.15, -0.1) is 0 Å². The van der Waals surface area contributed by atoms with Crippen LogP contribution >= 0.6 is 0 Å². The van der Waals surface area contributed by atoms with Gasteiger partial charge in [-0.3, -0.25) is 24.5 Å². The van der Waals surface area contributed by atoms with Crippen LogP contribution in [0, 0.1) is 0 Å². The molecule has 0 saturated carbocycles. The molecule has 186 valence electrons. The Kier molecular flexibility index (Phi) is 9.95. The Morgan fingerprint density at radius 3 is 2.47 bits per heavy atom. The van der Waals surface area contributed by atoms with Crippen molar-refractivity contribution in [1.82, 2.24) is 10.6 Å². The lowest BCUT2D eigenvalue weighted by Crippen LogP contribution is -2.53. The molecule has 34 heavy (non-hydrogen) atoms. The highest BCUT2D eigenvalue weighted by molar-refractivity contribution is 6.03. The summed E-state index contributed by atoms with van der Waals surface area (Å²) in [6.07, 6.45) is 0.873. The van der Waals surface area contributed by atoms with Crippen molar-refractivity contribution < 1.29 is 33.4 Å². The standard InChI is InChI=1S/C23H32N4O7/c24-8-10-32-11-12-33-13-14-34-15-21(29)27-9-7-17(16-3-1-2-4-19(16)27)22(30)25-18-5-6-20(28)26-23(18)31/h1-4,17-18H,5-15,24H2,(H,25,30)(H,26,28,31)/t17-,18+/m1/s1. The molecule has 1 fully saturated rings. The normalized spacial score (nSPS) is 20.0. The summed E-state index contributed by atoms with van der Waals surface area (Å²) < 4.78 is 16.0. The number of hydrogen-bond donors (Lipinski definition) is 3. The molecule has 0 spiro atoms. The minimum Gasteiger partial charge on any atom is -0.378 e. The molecule has 0 radical (unpaired) electrons. The number of ether oxygens (including phenoxy) is 3. The molecule has 11 heteroatoms. The van der Waals surface area contributed by atoms with Gasteiger partial charge in [-0.2, -0.15) is 0 Å². The fourth-order valence-corrected chi connectivity index (χ4v) is 3.96. The first-order valence-electron chi connectivity index (χ1n) is 11.5. The molecule has 2 aliphatic heterocycles. The largest absolute Gasteiger partial charge is 0.378 e. The van der Waals surface area contributed by atoms with Crippen LogP contribution in [0.4, 0.5) is 5.69 Å². The van der Waals surface area contributed by atoms with E-state index in [0.717, 1.165) is 0 Å². The smallest absolute Gasteiger partial charge is 0.252 e. The maximum absolute atomic E-state index is 13.0. The van der Waals surface area contributed by atoms with Gasteiger partial charge in [0.2, 0.25) is 17.7 Å². The predicted molar refractivity (Wildman–Crippen MR) is 122 cm³/mol. The maximum Gasteiger partial charge on any atom is 0.252 e. The number of para-hydroxylation sites is 1. The van der Waals surface area contributed by atoms with Crippen LogP contribution in [0.25, 0.3) is 0 Å². The van der Waals surface area contributed by atoms with Crippen LogP contribution in [0.5, 0.6) is 0 Å². The van der Waals surface area contributed by atoms with Crippen molar-refractivity contribution in [2.75, 3.05) is 57.6 Å². The number of anilines is 1. The van der Waals surface area contributed by atoms with Gasteiger partial charge in [0.25, 0.3) is 5.91 Å². The summed E-state index contributed by atoms with van der Waals surface area (Å²) in [6.45, 7) is 2.71. The van der Waals surface area contributed by atoms with Gasteiger partial charge < -0.3 is 30.2 Å². The average molecular weight is 477 g/mol. The number of benzene rings is 1. The lowest BCUT2D eigenvalue weighted by atomic mass is 9.88. The van der Waals surface area contributed by atoms with E-state index in [2.05, 4.69) is 10.6 Å². The van der Waals surface area contributed by atoms with Crippen LogP contribution in [-0.4, -0.2) is 82.4 Å². The number of rotatable bonds is 12. The first-order chi connectivity index (χ1) is 16.5. The van der Waals surface area contributed by atoms with E-state index in [1.54, 1.807) is 17.0 Å². The van der Waals surface area contributed by atoms with Crippen molar-refractivity contribution in [1.29, 1.82) is 0 Å². The molecule has 0 unspecified atom stereocenters. The van der Waals surface area contributed by atoms with Gasteiger partial charge in [0.05, 0.1) is 39.0 Å². The van der Waals surface area contributed by atoms with Gasteiger partial charge in [0, 0.05) is 25.2 Å². The van der Waals surface area contributed by atoms with Crippen LogP contribution < -0.4 is 21.3 Å². The summed E-state index contributed by atoms with van der Waals surface area (Å²) in [5.41, 5.74) is 6.70. The third-order valence-corrected chi connectivity index (χ3v) is 5.65. The minimum absolute atomic E-state index is 0.103. The Bertz CT molecular complexity index is 879. The quantitative estimate of drug-likeness (QED) is 0.268. The SMILES string of the molecule is NCCOCCOCCOCC(=O)N1CC[C@@H](C(=O)N[C@H]2CCC(=O)NC2=O)c2ccccc21. The zero-order valence-electron chi connectivity index (χ0n) is 19.1. The molecule has 2 aliphatic rings. The number of amides is 4. The maximum atomic E-state index is 13.0. The second-order valence-corrected chi connectivity index (χ2v) is 8.02. The highest BCUT2D eigenvalue weighted by Gasteiger charge is 2.35. The van der Waals surface area contributed by atoms with Crippen molar-refractivity contribution in [3.8, 4) is 0 Å². The third kappa shape index (κ3) is 7.07. The molecule has 2 atom stereocenters. The van der Waals surface area contributed by atoms with Crippen molar-refractivity contribution in [3.05, 3.63) is 29.8 Å². The summed E-state index contributed by atoms with van der Waals surface area (Å²) in [7, 11) is 0. The van der Waals surface area contributed by atoms with Gasteiger partial charge in [-0.05, 0) is 24.5 Å². The summed E-state index contributed by atoms with van der Waals surface area (Å²) in [4.78, 5) is 50.7. The molecular weight excluding hydrogens is 444 g/mol. The van der Waals surface area contributed by atoms with Crippen molar-refractivity contribution in [2.45, 2.75) is 31.2 Å². The third-order valence-electron chi connectivity index (χ3n) is 5.65. The lowest BCUT2D eigenvalue weighted by molar-refractivity contribution is -0.137. The molecule has 3 rings (SSSR count). The van der Waals surface area contributed by atoms with Crippen molar-refractivity contribution in [2.24, 2.45) is 5.73 Å². The van der Waals surface area contributed by atoms with Crippen LogP contribution in [-0.2, 0) is 33.4 Å². The zero-order chi connectivity index (χ0) is 24.3. The van der Waals surface area contributed by atoms with Crippen LogP contribution in [0.2, 0.25) is 0 Å². The summed E-state index contributed by atoms with van der Waals surface area (Å²) in [6, 6.07) is 6.49. The average Bonchev–Trinajstić information content (AvgIpc) is 2.83. The van der Waals surface area contributed by atoms with E-state index in [4.69, 9.17) is 19.9 Å². The Morgan fingerprint density at radius 1 is 1.03 bits per heavy atom. The predicted octanol–water partition coefficient (Wildman–Crippen LogP) is -0.563. The molecule has 0 bridgehead atoms. The summed E-state index contributed by atoms with van der Waals surface area (Å²) in [5.74, 6) is -1.82. The Balaban J connectivity index is 1.49. The number of imide groups is 1. The number of nitrogens with one attached hydrogen (secondary N) is 2. The molecule has 1 aromatic carbocycles. The highest BCUT2D eigenvalue weighted by Crippen LogP contribution is 2.35. The second kappa shape index (κ2) is 13.1. The summed E-state index contributed by atoms with van der Waals surface area (Å²) in [5, 5.41) is 5.00. The zero-order valence-corrected chi connectivity index (χ0v) is 19.1. The number of nitrogens with zero attached hydrogens (tertiary/aromatic N) is 1. The highest BCUT2D eigenvalue weighted by atomic mass is 16.5. The van der Waals surface area contributed by atoms with E-state index in [-0.39, 0.29) is 43.8 Å². The van der Waals surface area contributed by atoms with E-state index in [1.165, 1.54) is 0 Å².